The van der Waals surface area contributed by atoms with E-state index in [1.165, 1.54) is 5.56 Å². The zero-order valence-corrected chi connectivity index (χ0v) is 16.5. The minimum absolute atomic E-state index is 0.154. The molecule has 0 saturated carbocycles. The summed E-state index contributed by atoms with van der Waals surface area (Å²) in [6.45, 7) is 2.92. The van der Waals surface area contributed by atoms with E-state index in [-0.39, 0.29) is 5.91 Å². The monoisotopic (exact) mass is 399 g/mol. The van der Waals surface area contributed by atoms with Crippen LogP contribution in [0.4, 0.5) is 0 Å². The molecule has 150 valence electrons. The van der Waals surface area contributed by atoms with E-state index < -0.39 is 0 Å². The SMILES string of the molecule is Cc1cccc(COc2cccc(C(=O)NCc3ccc(-c4nn[nH]n4)cc3)c2)c1. The number of aryl methyl sites for hydroxylation is 1. The van der Waals surface area contributed by atoms with Crippen molar-refractivity contribution in [3.63, 3.8) is 0 Å². The number of amides is 1. The quantitative estimate of drug-likeness (QED) is 0.494. The number of benzene rings is 3. The number of H-pyrrole nitrogens is 1. The first-order valence-electron chi connectivity index (χ1n) is 9.57. The number of tetrazole rings is 1. The molecular weight excluding hydrogens is 378 g/mol. The summed E-state index contributed by atoms with van der Waals surface area (Å²) in [5, 5.41) is 16.8. The second-order valence-electron chi connectivity index (χ2n) is 6.92. The number of hydrogen-bond acceptors (Lipinski definition) is 5. The number of hydrogen-bond donors (Lipinski definition) is 2. The number of rotatable bonds is 7. The summed E-state index contributed by atoms with van der Waals surface area (Å²) in [5.74, 6) is 1.04. The van der Waals surface area contributed by atoms with Crippen molar-refractivity contribution in [2.24, 2.45) is 0 Å². The maximum absolute atomic E-state index is 12.5. The van der Waals surface area contributed by atoms with Crippen molar-refractivity contribution in [1.82, 2.24) is 25.9 Å². The number of aromatic amines is 1. The van der Waals surface area contributed by atoms with Gasteiger partial charge >= 0.3 is 0 Å². The van der Waals surface area contributed by atoms with Gasteiger partial charge in [-0.2, -0.15) is 5.21 Å². The van der Waals surface area contributed by atoms with Gasteiger partial charge in [0.15, 0.2) is 0 Å². The Labute approximate surface area is 174 Å². The molecule has 1 heterocycles. The lowest BCUT2D eigenvalue weighted by Crippen LogP contribution is -2.22. The normalized spacial score (nSPS) is 10.6. The van der Waals surface area contributed by atoms with Gasteiger partial charge in [-0.1, -0.05) is 60.2 Å². The van der Waals surface area contributed by atoms with Crippen LogP contribution in [-0.4, -0.2) is 26.5 Å². The lowest BCUT2D eigenvalue weighted by atomic mass is 10.1. The minimum Gasteiger partial charge on any atom is -0.489 e. The Hall–Kier alpha value is -4.00. The van der Waals surface area contributed by atoms with Crippen LogP contribution in [-0.2, 0) is 13.2 Å². The number of carbonyl (C=O) groups is 1. The lowest BCUT2D eigenvalue weighted by molar-refractivity contribution is 0.0950. The second-order valence-corrected chi connectivity index (χ2v) is 6.92. The van der Waals surface area contributed by atoms with Crippen molar-refractivity contribution in [3.05, 3.63) is 95.1 Å². The second kappa shape index (κ2) is 9.00. The molecule has 0 radical (unpaired) electrons. The minimum atomic E-state index is -0.154. The molecule has 4 aromatic rings. The maximum atomic E-state index is 12.5. The number of aromatic nitrogens is 4. The predicted molar refractivity (Wildman–Crippen MR) is 113 cm³/mol. The molecule has 0 aliphatic carbocycles. The van der Waals surface area contributed by atoms with Gasteiger partial charge in [-0.25, -0.2) is 0 Å². The molecule has 1 amide bonds. The predicted octanol–water partition coefficient (Wildman–Crippen LogP) is 3.68. The van der Waals surface area contributed by atoms with Crippen LogP contribution in [0.15, 0.2) is 72.8 Å². The molecular formula is C23H21N5O2. The molecule has 0 saturated heterocycles. The van der Waals surface area contributed by atoms with E-state index in [2.05, 4.69) is 32.0 Å². The van der Waals surface area contributed by atoms with Crippen LogP contribution in [0, 0.1) is 6.92 Å². The summed E-state index contributed by atoms with van der Waals surface area (Å²) in [6.07, 6.45) is 0. The first-order valence-corrected chi connectivity index (χ1v) is 9.57. The molecule has 0 aliphatic rings. The van der Waals surface area contributed by atoms with Crippen LogP contribution < -0.4 is 10.1 Å². The standard InChI is InChI=1S/C23H21N5O2/c1-16-4-2-5-18(12-16)15-30-21-7-3-6-20(13-21)23(29)24-14-17-8-10-19(11-9-17)22-25-27-28-26-22/h2-13H,14-15H2,1H3,(H,24,29)(H,25,26,27,28). The van der Waals surface area contributed by atoms with Gasteiger partial charge in [0.05, 0.1) is 0 Å². The topological polar surface area (TPSA) is 92.8 Å². The highest BCUT2D eigenvalue weighted by molar-refractivity contribution is 5.94. The molecule has 0 unspecified atom stereocenters. The highest BCUT2D eigenvalue weighted by atomic mass is 16.5. The number of nitrogens with zero attached hydrogens (tertiary/aromatic N) is 3. The maximum Gasteiger partial charge on any atom is 0.251 e. The number of nitrogens with one attached hydrogen (secondary N) is 2. The molecule has 0 aliphatic heterocycles. The Morgan fingerprint density at radius 2 is 1.83 bits per heavy atom. The van der Waals surface area contributed by atoms with Crippen LogP contribution in [0.2, 0.25) is 0 Å². The van der Waals surface area contributed by atoms with Gasteiger partial charge in [-0.05, 0) is 41.5 Å². The van der Waals surface area contributed by atoms with E-state index in [9.17, 15) is 4.79 Å². The van der Waals surface area contributed by atoms with Crippen molar-refractivity contribution in [2.45, 2.75) is 20.1 Å². The molecule has 0 bridgehead atoms. The summed E-state index contributed by atoms with van der Waals surface area (Å²) in [5.41, 5.74) is 4.67. The van der Waals surface area contributed by atoms with Gasteiger partial charge in [-0.3, -0.25) is 4.79 Å². The van der Waals surface area contributed by atoms with Crippen LogP contribution in [0.25, 0.3) is 11.4 Å². The third-order valence-corrected chi connectivity index (χ3v) is 4.59. The number of carbonyl (C=O) groups excluding carboxylic acids is 1. The average molecular weight is 399 g/mol. The molecule has 7 heteroatoms. The van der Waals surface area contributed by atoms with Crippen LogP contribution in [0.1, 0.15) is 27.0 Å². The summed E-state index contributed by atoms with van der Waals surface area (Å²) >= 11 is 0. The lowest BCUT2D eigenvalue weighted by Gasteiger charge is -2.09. The first kappa shape index (κ1) is 19.3. The van der Waals surface area contributed by atoms with E-state index in [4.69, 9.17) is 4.74 Å². The summed E-state index contributed by atoms with van der Waals surface area (Å²) < 4.78 is 5.85. The summed E-state index contributed by atoms with van der Waals surface area (Å²) in [4.78, 5) is 12.5. The van der Waals surface area contributed by atoms with E-state index in [1.807, 2.05) is 61.5 Å². The first-order chi connectivity index (χ1) is 14.7. The molecule has 0 fully saturated rings. The van der Waals surface area contributed by atoms with Crippen molar-refractivity contribution in [1.29, 1.82) is 0 Å². The zero-order chi connectivity index (χ0) is 20.8. The van der Waals surface area contributed by atoms with Crippen LogP contribution >= 0.6 is 0 Å². The van der Waals surface area contributed by atoms with Gasteiger partial charge in [-0.15, -0.1) is 10.2 Å². The fourth-order valence-electron chi connectivity index (χ4n) is 3.04. The third kappa shape index (κ3) is 4.88. The Kier molecular flexibility index (Phi) is 5.80. The number of ether oxygens (including phenoxy) is 1. The van der Waals surface area contributed by atoms with Crippen molar-refractivity contribution in [3.8, 4) is 17.1 Å². The van der Waals surface area contributed by atoms with Gasteiger partial charge in [0.25, 0.3) is 5.91 Å². The Balaban J connectivity index is 1.34. The molecule has 30 heavy (non-hydrogen) atoms. The Bertz CT molecular complexity index is 1120. The summed E-state index contributed by atoms with van der Waals surface area (Å²) in [6, 6.07) is 23.0. The van der Waals surface area contributed by atoms with Crippen molar-refractivity contribution < 1.29 is 9.53 Å². The summed E-state index contributed by atoms with van der Waals surface area (Å²) in [7, 11) is 0. The van der Waals surface area contributed by atoms with Crippen molar-refractivity contribution in [2.75, 3.05) is 0 Å². The van der Waals surface area contributed by atoms with Gasteiger partial charge in [0.2, 0.25) is 5.82 Å². The third-order valence-electron chi connectivity index (χ3n) is 4.59. The van der Waals surface area contributed by atoms with Crippen LogP contribution in [0.5, 0.6) is 5.75 Å². The van der Waals surface area contributed by atoms with Gasteiger partial charge in [0.1, 0.15) is 12.4 Å². The van der Waals surface area contributed by atoms with Gasteiger partial charge in [0, 0.05) is 17.7 Å². The molecule has 1 aromatic heterocycles. The van der Waals surface area contributed by atoms with E-state index >= 15 is 0 Å². The molecule has 4 rings (SSSR count). The van der Waals surface area contributed by atoms with Crippen molar-refractivity contribution >= 4 is 5.91 Å². The van der Waals surface area contributed by atoms with Crippen LogP contribution in [0.3, 0.4) is 0 Å². The fourth-order valence-corrected chi connectivity index (χ4v) is 3.04. The Morgan fingerprint density at radius 3 is 2.60 bits per heavy atom. The molecule has 0 spiro atoms. The highest BCUT2D eigenvalue weighted by Gasteiger charge is 2.08. The molecule has 0 atom stereocenters. The Morgan fingerprint density at radius 1 is 1.00 bits per heavy atom. The highest BCUT2D eigenvalue weighted by Crippen LogP contribution is 2.17. The molecule has 7 nitrogen and oxygen atoms in total. The van der Waals surface area contributed by atoms with E-state index in [0.717, 1.165) is 16.7 Å². The molecule has 3 aromatic carbocycles. The zero-order valence-electron chi connectivity index (χ0n) is 16.5. The largest absolute Gasteiger partial charge is 0.489 e. The van der Waals surface area contributed by atoms with Gasteiger partial charge < -0.3 is 10.1 Å². The smallest absolute Gasteiger partial charge is 0.251 e. The average Bonchev–Trinajstić information content (AvgIpc) is 3.32. The fraction of sp³-hybridized carbons (Fsp3) is 0.130. The van der Waals surface area contributed by atoms with E-state index in [1.54, 1.807) is 12.1 Å². The van der Waals surface area contributed by atoms with E-state index in [0.29, 0.717) is 30.3 Å². The molecule has 2 N–H and O–H groups in total.